The quantitative estimate of drug-likeness (QED) is 0.906. The Labute approximate surface area is 119 Å². The van der Waals surface area contributed by atoms with E-state index in [1.165, 1.54) is 0 Å². The van der Waals surface area contributed by atoms with Crippen LogP contribution in [0.5, 0.6) is 5.75 Å². The minimum atomic E-state index is 0.0136. The van der Waals surface area contributed by atoms with Crippen molar-refractivity contribution in [3.05, 3.63) is 28.0 Å². The zero-order valence-electron chi connectivity index (χ0n) is 10.2. The fourth-order valence-electron chi connectivity index (χ4n) is 1.47. The first-order chi connectivity index (χ1) is 8.99. The van der Waals surface area contributed by atoms with Crippen molar-refractivity contribution in [3.8, 4) is 5.75 Å². The summed E-state index contributed by atoms with van der Waals surface area (Å²) < 4.78 is 5.23. The van der Waals surface area contributed by atoms with Gasteiger partial charge >= 0.3 is 0 Å². The number of halogens is 2. The molecule has 19 heavy (non-hydrogen) atoms. The molecule has 6 nitrogen and oxygen atoms in total. The van der Waals surface area contributed by atoms with Gasteiger partial charge in [0, 0.05) is 11.1 Å². The van der Waals surface area contributed by atoms with Crippen LogP contribution in [0.25, 0.3) is 0 Å². The van der Waals surface area contributed by atoms with Crippen LogP contribution in [-0.4, -0.2) is 22.1 Å². The highest BCUT2D eigenvalue weighted by Crippen LogP contribution is 2.32. The maximum Gasteiger partial charge on any atom is 0.233 e. The van der Waals surface area contributed by atoms with Crippen molar-refractivity contribution in [2.24, 2.45) is 0 Å². The molecule has 0 aliphatic carbocycles. The molecule has 0 aliphatic rings. The first-order valence-electron chi connectivity index (χ1n) is 5.28. The Morgan fingerprint density at radius 3 is 2.58 bits per heavy atom. The predicted molar refractivity (Wildman–Crippen MR) is 75.3 cm³/mol. The Hall–Kier alpha value is -1.79. The van der Waals surface area contributed by atoms with Gasteiger partial charge in [0.05, 0.1) is 12.8 Å². The van der Waals surface area contributed by atoms with E-state index in [9.17, 15) is 0 Å². The number of nitrogens with one attached hydrogen (secondary N) is 1. The molecule has 1 aromatic carbocycles. The van der Waals surface area contributed by atoms with Crippen LogP contribution in [0.3, 0.4) is 0 Å². The lowest BCUT2D eigenvalue weighted by atomic mass is 10.2. The summed E-state index contributed by atoms with van der Waals surface area (Å²) in [6.07, 6.45) is 0. The Morgan fingerprint density at radius 1 is 1.21 bits per heavy atom. The van der Waals surface area contributed by atoms with Crippen LogP contribution in [0, 0.1) is 6.92 Å². The molecule has 0 radical (unpaired) electrons. The molecule has 0 unspecified atom stereocenters. The van der Waals surface area contributed by atoms with E-state index in [1.807, 2.05) is 13.0 Å². The normalized spacial score (nSPS) is 10.3. The van der Waals surface area contributed by atoms with E-state index in [0.717, 1.165) is 5.56 Å². The van der Waals surface area contributed by atoms with Crippen LogP contribution in [-0.2, 0) is 0 Å². The lowest BCUT2D eigenvalue weighted by Gasteiger charge is -2.12. The highest BCUT2D eigenvalue weighted by Gasteiger charge is 2.10. The number of rotatable bonds is 3. The molecule has 100 valence electrons. The van der Waals surface area contributed by atoms with Gasteiger partial charge in [-0.15, -0.1) is 0 Å². The number of methoxy groups -OCH3 is 1. The molecule has 0 amide bonds. The molecule has 2 rings (SSSR count). The highest BCUT2D eigenvalue weighted by molar-refractivity contribution is 6.31. The largest absolute Gasteiger partial charge is 0.495 e. The van der Waals surface area contributed by atoms with Gasteiger partial charge in [-0.1, -0.05) is 11.6 Å². The number of hydrogen-bond acceptors (Lipinski definition) is 6. The van der Waals surface area contributed by atoms with Gasteiger partial charge in [-0.2, -0.15) is 15.0 Å². The monoisotopic (exact) mass is 299 g/mol. The lowest BCUT2D eigenvalue weighted by molar-refractivity contribution is 0.416. The fourth-order valence-corrected chi connectivity index (χ4v) is 1.79. The summed E-state index contributed by atoms with van der Waals surface area (Å²) in [6.45, 7) is 1.88. The molecule has 2 aromatic rings. The Morgan fingerprint density at radius 2 is 1.95 bits per heavy atom. The molecule has 8 heteroatoms. The van der Waals surface area contributed by atoms with Gasteiger partial charge in [-0.3, -0.25) is 0 Å². The van der Waals surface area contributed by atoms with Crippen LogP contribution < -0.4 is 15.8 Å². The number of ether oxygens (including phenoxy) is 1. The minimum absolute atomic E-state index is 0.0136. The SMILES string of the molecule is COc1cc(Cl)c(C)cc1Nc1nc(N)nc(Cl)n1. The third-order valence-electron chi connectivity index (χ3n) is 2.35. The molecule has 0 atom stereocenters. The van der Waals surface area contributed by atoms with Gasteiger partial charge in [-0.05, 0) is 30.2 Å². The van der Waals surface area contributed by atoms with Crippen molar-refractivity contribution in [2.75, 3.05) is 18.2 Å². The van der Waals surface area contributed by atoms with Crippen LogP contribution >= 0.6 is 23.2 Å². The summed E-state index contributed by atoms with van der Waals surface area (Å²) >= 11 is 11.7. The van der Waals surface area contributed by atoms with Crippen LogP contribution in [0.4, 0.5) is 17.6 Å². The number of anilines is 3. The maximum atomic E-state index is 6.03. The number of nitrogen functional groups attached to an aromatic ring is 1. The summed E-state index contributed by atoms with van der Waals surface area (Å²) in [5.74, 6) is 0.829. The fraction of sp³-hybridized carbons (Fsp3) is 0.182. The maximum absolute atomic E-state index is 6.03. The zero-order valence-corrected chi connectivity index (χ0v) is 11.7. The molecule has 0 fully saturated rings. The van der Waals surface area contributed by atoms with Gasteiger partial charge in [0.2, 0.25) is 17.2 Å². The molecule has 0 saturated carbocycles. The summed E-state index contributed by atoms with van der Waals surface area (Å²) in [4.78, 5) is 11.5. The number of aryl methyl sites for hydroxylation is 1. The van der Waals surface area contributed by atoms with E-state index in [1.54, 1.807) is 13.2 Å². The van der Waals surface area contributed by atoms with E-state index < -0.39 is 0 Å². The average molecular weight is 300 g/mol. The third-order valence-corrected chi connectivity index (χ3v) is 2.93. The molecule has 1 heterocycles. The first-order valence-corrected chi connectivity index (χ1v) is 6.03. The standard InChI is InChI=1S/C11H11Cl2N5O/c1-5-3-7(8(19-2)4-6(5)12)15-11-17-9(13)16-10(14)18-11/h3-4H,1-2H3,(H3,14,15,16,17,18). The van der Waals surface area contributed by atoms with Crippen LogP contribution in [0.15, 0.2) is 12.1 Å². The van der Waals surface area contributed by atoms with Crippen molar-refractivity contribution in [1.82, 2.24) is 15.0 Å². The van der Waals surface area contributed by atoms with Gasteiger partial charge in [0.1, 0.15) is 5.75 Å². The van der Waals surface area contributed by atoms with Crippen molar-refractivity contribution >= 4 is 40.8 Å². The molecule has 0 bridgehead atoms. The molecule has 1 aromatic heterocycles. The van der Waals surface area contributed by atoms with E-state index in [2.05, 4.69) is 20.3 Å². The van der Waals surface area contributed by atoms with E-state index in [-0.39, 0.29) is 17.2 Å². The van der Waals surface area contributed by atoms with E-state index in [4.69, 9.17) is 33.7 Å². The smallest absolute Gasteiger partial charge is 0.233 e. The average Bonchev–Trinajstić information content (AvgIpc) is 2.32. The second-order valence-corrected chi connectivity index (χ2v) is 4.46. The first kappa shape index (κ1) is 13.6. The summed E-state index contributed by atoms with van der Waals surface area (Å²) in [7, 11) is 1.54. The molecular weight excluding hydrogens is 289 g/mol. The van der Waals surface area contributed by atoms with Crippen molar-refractivity contribution in [1.29, 1.82) is 0 Å². The minimum Gasteiger partial charge on any atom is -0.495 e. The van der Waals surface area contributed by atoms with E-state index >= 15 is 0 Å². The van der Waals surface area contributed by atoms with Crippen molar-refractivity contribution < 1.29 is 4.74 Å². The molecule has 0 saturated heterocycles. The van der Waals surface area contributed by atoms with Gasteiger partial charge in [-0.25, -0.2) is 0 Å². The van der Waals surface area contributed by atoms with Gasteiger partial charge < -0.3 is 15.8 Å². The summed E-state index contributed by atoms with van der Waals surface area (Å²) in [5.41, 5.74) is 7.04. The van der Waals surface area contributed by atoms with Gasteiger partial charge in [0.25, 0.3) is 0 Å². The van der Waals surface area contributed by atoms with E-state index in [0.29, 0.717) is 16.5 Å². The number of benzene rings is 1. The predicted octanol–water partition coefficient (Wildman–Crippen LogP) is 2.82. The Kier molecular flexibility index (Phi) is 3.92. The van der Waals surface area contributed by atoms with Crippen LogP contribution in [0.1, 0.15) is 5.56 Å². The summed E-state index contributed by atoms with van der Waals surface area (Å²) in [5, 5.41) is 3.58. The molecule has 0 spiro atoms. The highest BCUT2D eigenvalue weighted by atomic mass is 35.5. The number of nitrogens with two attached hydrogens (primary N) is 1. The number of aromatic nitrogens is 3. The van der Waals surface area contributed by atoms with Gasteiger partial charge in [0.15, 0.2) is 0 Å². The number of nitrogens with zero attached hydrogens (tertiary/aromatic N) is 3. The lowest BCUT2D eigenvalue weighted by Crippen LogP contribution is -2.04. The van der Waals surface area contributed by atoms with Crippen molar-refractivity contribution in [2.45, 2.75) is 6.92 Å². The summed E-state index contributed by atoms with van der Waals surface area (Å²) in [6, 6.07) is 3.51. The second-order valence-electron chi connectivity index (χ2n) is 3.71. The second kappa shape index (κ2) is 5.46. The molecular formula is C11H11Cl2N5O. The molecule has 3 N–H and O–H groups in total. The topological polar surface area (TPSA) is 86.0 Å². The Bertz CT molecular complexity index is 600. The van der Waals surface area contributed by atoms with Crippen molar-refractivity contribution in [3.63, 3.8) is 0 Å². The zero-order chi connectivity index (χ0) is 14.0. The Balaban J connectivity index is 2.39. The van der Waals surface area contributed by atoms with Crippen LogP contribution in [0.2, 0.25) is 10.3 Å². The third kappa shape index (κ3) is 3.15. The number of hydrogen-bond donors (Lipinski definition) is 2. The molecule has 0 aliphatic heterocycles.